The molecule has 0 saturated carbocycles. The molecule has 0 saturated heterocycles. The summed E-state index contributed by atoms with van der Waals surface area (Å²) in [5.41, 5.74) is 1.03. The molecule has 23 heavy (non-hydrogen) atoms. The van der Waals surface area contributed by atoms with Crippen LogP contribution in [-0.2, 0) is 9.53 Å². The van der Waals surface area contributed by atoms with Crippen LogP contribution >= 0.6 is 11.6 Å². The van der Waals surface area contributed by atoms with Gasteiger partial charge >= 0.3 is 12.0 Å². The highest BCUT2D eigenvalue weighted by Crippen LogP contribution is 2.38. The molecule has 8 heteroatoms. The minimum atomic E-state index is -0.815. The molecule has 1 atom stereocenters. The lowest BCUT2D eigenvalue weighted by atomic mass is 9.95. The number of aromatic hydroxyl groups is 1. The average Bonchev–Trinajstić information content (AvgIpc) is 2.46. The molecule has 1 aliphatic rings. The maximum Gasteiger partial charge on any atom is 0.338 e. The molecule has 2 rings (SSSR count). The van der Waals surface area contributed by atoms with E-state index in [1.165, 1.54) is 19.2 Å². The second kappa shape index (κ2) is 6.78. The summed E-state index contributed by atoms with van der Waals surface area (Å²) in [6.07, 6.45) is 0. The lowest BCUT2D eigenvalue weighted by molar-refractivity contribution is -0.139. The van der Waals surface area contributed by atoms with Crippen molar-refractivity contribution < 1.29 is 24.2 Å². The van der Waals surface area contributed by atoms with Gasteiger partial charge in [-0.3, -0.25) is 0 Å². The summed E-state index contributed by atoms with van der Waals surface area (Å²) in [5, 5.41) is 15.1. The third-order valence-electron chi connectivity index (χ3n) is 3.37. The number of nitrogens with one attached hydrogen (secondary N) is 2. The topological polar surface area (TPSA) is 96.9 Å². The van der Waals surface area contributed by atoms with Gasteiger partial charge in [0.25, 0.3) is 0 Å². The minimum absolute atomic E-state index is 0.139. The number of esters is 1. The van der Waals surface area contributed by atoms with Crippen LogP contribution in [0.4, 0.5) is 4.79 Å². The van der Waals surface area contributed by atoms with E-state index in [1.54, 1.807) is 13.8 Å². The van der Waals surface area contributed by atoms with Gasteiger partial charge in [-0.25, -0.2) is 9.59 Å². The van der Waals surface area contributed by atoms with Crippen LogP contribution in [-0.4, -0.2) is 30.8 Å². The molecule has 0 aromatic heterocycles. The van der Waals surface area contributed by atoms with E-state index < -0.39 is 18.0 Å². The molecule has 0 aliphatic carbocycles. The normalized spacial score (nSPS) is 17.4. The fraction of sp³-hybridized carbons (Fsp3) is 0.333. The number of phenols is 1. The Kier molecular flexibility index (Phi) is 5.00. The van der Waals surface area contributed by atoms with Crippen LogP contribution in [0.1, 0.15) is 25.5 Å². The third-order valence-corrected chi connectivity index (χ3v) is 3.70. The van der Waals surface area contributed by atoms with Gasteiger partial charge in [0.15, 0.2) is 11.5 Å². The summed E-state index contributed by atoms with van der Waals surface area (Å²) in [6, 6.07) is 1.48. The molecule has 7 nitrogen and oxygen atoms in total. The van der Waals surface area contributed by atoms with Gasteiger partial charge in [0, 0.05) is 17.3 Å². The molecule has 124 valence electrons. The molecule has 1 aromatic carbocycles. The van der Waals surface area contributed by atoms with E-state index in [0.717, 1.165) is 0 Å². The van der Waals surface area contributed by atoms with Gasteiger partial charge in [-0.15, -0.1) is 0 Å². The van der Waals surface area contributed by atoms with Crippen LogP contribution in [0.25, 0.3) is 0 Å². The standard InChI is InChI=1S/C15H17ClN2O5/c1-4-23-14(20)12-7(2)17-15(21)18-13(12)8-5-11(22-3)10(19)6-9(8)16/h5-6,13,19H,4H2,1-3H3,(H2,17,18,21)/t13-/m1/s1. The smallest absolute Gasteiger partial charge is 0.338 e. The summed E-state index contributed by atoms with van der Waals surface area (Å²) in [6.45, 7) is 3.49. The molecular formula is C15H17ClN2O5. The van der Waals surface area contributed by atoms with Gasteiger partial charge in [-0.1, -0.05) is 11.6 Å². The quantitative estimate of drug-likeness (QED) is 0.730. The monoisotopic (exact) mass is 340 g/mol. The first-order valence-electron chi connectivity index (χ1n) is 6.90. The van der Waals surface area contributed by atoms with Crippen molar-refractivity contribution in [2.24, 2.45) is 0 Å². The highest BCUT2D eigenvalue weighted by molar-refractivity contribution is 6.31. The molecule has 1 aromatic rings. The second-order valence-corrected chi connectivity index (χ2v) is 5.24. The van der Waals surface area contributed by atoms with E-state index in [-0.39, 0.29) is 28.7 Å². The Morgan fingerprint density at radius 3 is 2.74 bits per heavy atom. The molecule has 0 unspecified atom stereocenters. The maximum absolute atomic E-state index is 12.2. The fourth-order valence-corrected chi connectivity index (χ4v) is 2.62. The molecule has 0 spiro atoms. The van der Waals surface area contributed by atoms with Crippen LogP contribution in [0.3, 0.4) is 0 Å². The zero-order valence-corrected chi connectivity index (χ0v) is 13.7. The molecule has 3 N–H and O–H groups in total. The van der Waals surface area contributed by atoms with Crippen LogP contribution in [0.2, 0.25) is 5.02 Å². The Balaban J connectivity index is 2.56. The first-order chi connectivity index (χ1) is 10.9. The summed E-state index contributed by atoms with van der Waals surface area (Å²) in [4.78, 5) is 24.0. The Bertz CT molecular complexity index is 687. The van der Waals surface area contributed by atoms with Gasteiger partial charge in [0.1, 0.15) is 0 Å². The average molecular weight is 341 g/mol. The first-order valence-corrected chi connectivity index (χ1v) is 7.28. The number of ether oxygens (including phenoxy) is 2. The zero-order valence-electron chi connectivity index (χ0n) is 12.9. The SMILES string of the molecule is CCOC(=O)C1=C(C)NC(=O)N[C@@H]1c1cc(OC)c(O)cc1Cl. The summed E-state index contributed by atoms with van der Waals surface area (Å²) < 4.78 is 10.1. The predicted molar refractivity (Wildman–Crippen MR) is 83.4 cm³/mol. The Labute approximate surface area is 138 Å². The number of hydrogen-bond donors (Lipinski definition) is 3. The minimum Gasteiger partial charge on any atom is -0.504 e. The van der Waals surface area contributed by atoms with Crippen LogP contribution in [0.15, 0.2) is 23.4 Å². The molecule has 1 aliphatic heterocycles. The summed E-state index contributed by atoms with van der Waals surface area (Å²) in [7, 11) is 1.39. The highest BCUT2D eigenvalue weighted by Gasteiger charge is 2.33. The van der Waals surface area contributed by atoms with Gasteiger partial charge in [-0.05, 0) is 19.9 Å². The third kappa shape index (κ3) is 3.34. The van der Waals surface area contributed by atoms with Gasteiger partial charge < -0.3 is 25.2 Å². The summed E-state index contributed by atoms with van der Waals surface area (Å²) in [5.74, 6) is -0.524. The first kappa shape index (κ1) is 17.0. The van der Waals surface area contributed by atoms with Crippen molar-refractivity contribution in [3.63, 3.8) is 0 Å². The van der Waals surface area contributed by atoms with Crippen molar-refractivity contribution in [2.45, 2.75) is 19.9 Å². The van der Waals surface area contributed by atoms with Crippen molar-refractivity contribution in [2.75, 3.05) is 13.7 Å². The van der Waals surface area contributed by atoms with Crippen molar-refractivity contribution in [1.82, 2.24) is 10.6 Å². The van der Waals surface area contributed by atoms with E-state index in [1.807, 2.05) is 0 Å². The van der Waals surface area contributed by atoms with E-state index >= 15 is 0 Å². The number of hydrogen-bond acceptors (Lipinski definition) is 5. The molecule has 1 heterocycles. The van der Waals surface area contributed by atoms with E-state index in [2.05, 4.69) is 10.6 Å². The predicted octanol–water partition coefficient (Wildman–Crippen LogP) is 2.25. The number of urea groups is 1. The van der Waals surface area contributed by atoms with Crippen molar-refractivity contribution in [3.05, 3.63) is 34.0 Å². The Morgan fingerprint density at radius 2 is 2.13 bits per heavy atom. The maximum atomic E-state index is 12.2. The number of rotatable bonds is 4. The van der Waals surface area contributed by atoms with E-state index in [0.29, 0.717) is 11.3 Å². The largest absolute Gasteiger partial charge is 0.504 e. The number of amides is 2. The summed E-state index contributed by atoms with van der Waals surface area (Å²) >= 11 is 6.17. The van der Waals surface area contributed by atoms with Gasteiger partial charge in [0.05, 0.1) is 30.4 Å². The molecule has 0 fully saturated rings. The number of methoxy groups -OCH3 is 1. The lowest BCUT2D eigenvalue weighted by Crippen LogP contribution is -2.45. The number of allylic oxidation sites excluding steroid dienone is 1. The Hall–Kier alpha value is -2.41. The number of benzene rings is 1. The van der Waals surface area contributed by atoms with Gasteiger partial charge in [0.2, 0.25) is 0 Å². The molecular weight excluding hydrogens is 324 g/mol. The Morgan fingerprint density at radius 1 is 1.43 bits per heavy atom. The van der Waals surface area contributed by atoms with Crippen LogP contribution in [0, 0.1) is 0 Å². The highest BCUT2D eigenvalue weighted by atomic mass is 35.5. The zero-order chi connectivity index (χ0) is 17.1. The molecule has 0 radical (unpaired) electrons. The number of halogens is 1. The van der Waals surface area contributed by atoms with Crippen LogP contribution < -0.4 is 15.4 Å². The molecule has 0 bridgehead atoms. The van der Waals surface area contributed by atoms with Crippen LogP contribution in [0.5, 0.6) is 11.5 Å². The van der Waals surface area contributed by atoms with Crippen molar-refractivity contribution in [1.29, 1.82) is 0 Å². The number of carbonyl (C=O) groups is 2. The van der Waals surface area contributed by atoms with Crippen molar-refractivity contribution >= 4 is 23.6 Å². The van der Waals surface area contributed by atoms with E-state index in [9.17, 15) is 14.7 Å². The lowest BCUT2D eigenvalue weighted by Gasteiger charge is -2.28. The second-order valence-electron chi connectivity index (χ2n) is 4.84. The van der Waals surface area contributed by atoms with Crippen molar-refractivity contribution in [3.8, 4) is 11.5 Å². The fourth-order valence-electron chi connectivity index (χ4n) is 2.35. The van der Waals surface area contributed by atoms with E-state index in [4.69, 9.17) is 21.1 Å². The van der Waals surface area contributed by atoms with Gasteiger partial charge in [-0.2, -0.15) is 0 Å². The number of carbonyl (C=O) groups excluding carboxylic acids is 2. The molecule has 2 amide bonds. The number of phenolic OH excluding ortho intramolecular Hbond substituents is 1.